The molecule has 5 nitrogen and oxygen atoms in total. The lowest BCUT2D eigenvalue weighted by molar-refractivity contribution is 0.703. The molecule has 0 aliphatic heterocycles. The number of pyridine rings is 2. The molecule has 0 aliphatic carbocycles. The zero-order chi connectivity index (χ0) is 20.5. The van der Waals surface area contributed by atoms with Crippen LogP contribution < -0.4 is 5.32 Å². The zero-order valence-corrected chi connectivity index (χ0v) is 17.9. The van der Waals surface area contributed by atoms with Crippen molar-refractivity contribution in [3.8, 4) is 11.4 Å². The van der Waals surface area contributed by atoms with E-state index in [9.17, 15) is 0 Å². The molecule has 4 rings (SSSR count). The molecule has 1 N–H and O–H groups in total. The fraction of sp³-hybridized carbons (Fsp3) is 0.261. The first-order valence-corrected chi connectivity index (χ1v) is 10.2. The highest BCUT2D eigenvalue weighted by Gasteiger charge is 2.17. The van der Waals surface area contributed by atoms with E-state index in [-0.39, 0.29) is 0 Å². The Morgan fingerprint density at radius 3 is 2.48 bits per heavy atom. The second kappa shape index (κ2) is 7.84. The van der Waals surface area contributed by atoms with Gasteiger partial charge >= 0.3 is 0 Å². The van der Waals surface area contributed by atoms with E-state index in [1.54, 1.807) is 6.20 Å². The van der Waals surface area contributed by atoms with Crippen LogP contribution in [-0.2, 0) is 6.54 Å². The topological polar surface area (TPSA) is 55.6 Å². The number of aryl methyl sites for hydroxylation is 4. The molecule has 1 aromatic carbocycles. The maximum absolute atomic E-state index is 6.57. The Morgan fingerprint density at radius 1 is 1.00 bits per heavy atom. The summed E-state index contributed by atoms with van der Waals surface area (Å²) in [5, 5.41) is 3.78. The average Bonchev–Trinajstić information content (AvgIpc) is 3.09. The molecule has 0 atom stereocenters. The Hall–Kier alpha value is -2.92. The Kier molecular flexibility index (Phi) is 5.24. The Labute approximate surface area is 175 Å². The molecule has 6 heteroatoms. The predicted molar refractivity (Wildman–Crippen MR) is 120 cm³/mol. The van der Waals surface area contributed by atoms with Crippen molar-refractivity contribution < 1.29 is 0 Å². The van der Waals surface area contributed by atoms with E-state index in [2.05, 4.69) is 52.8 Å². The molecule has 0 aliphatic rings. The van der Waals surface area contributed by atoms with Crippen molar-refractivity contribution in [3.05, 3.63) is 64.6 Å². The molecule has 4 aromatic rings. The standard InChI is InChI=1S/C23H24ClN5/c1-5-10-29-21-15(3)7-6-14(2)20(21)28-23(29)17-11-19(24)22(26-12-17)27-18-9-8-16(4)25-13-18/h6-9,11-13H,5,10H2,1-4H3,(H,26,27). The number of halogens is 1. The van der Waals surface area contributed by atoms with Gasteiger partial charge in [-0.1, -0.05) is 30.7 Å². The van der Waals surface area contributed by atoms with Gasteiger partial charge in [-0.3, -0.25) is 4.98 Å². The molecule has 3 heterocycles. The van der Waals surface area contributed by atoms with Gasteiger partial charge in [-0.2, -0.15) is 0 Å². The van der Waals surface area contributed by atoms with Gasteiger partial charge in [0, 0.05) is 24.0 Å². The second-order valence-corrected chi connectivity index (χ2v) is 7.76. The number of nitrogens with one attached hydrogen (secondary N) is 1. The molecule has 0 bridgehead atoms. The van der Waals surface area contributed by atoms with Crippen LogP contribution in [0, 0.1) is 20.8 Å². The summed E-state index contributed by atoms with van der Waals surface area (Å²) in [6.45, 7) is 9.25. The van der Waals surface area contributed by atoms with Crippen LogP contribution in [0.4, 0.5) is 11.5 Å². The largest absolute Gasteiger partial charge is 0.338 e. The molecule has 0 unspecified atom stereocenters. The van der Waals surface area contributed by atoms with Gasteiger partial charge < -0.3 is 9.88 Å². The molecular weight excluding hydrogens is 382 g/mol. The highest BCUT2D eigenvalue weighted by Crippen LogP contribution is 2.32. The first kappa shape index (κ1) is 19.4. The molecule has 0 saturated carbocycles. The Bertz CT molecular complexity index is 1180. The molecule has 148 valence electrons. The number of rotatable bonds is 5. The number of hydrogen-bond acceptors (Lipinski definition) is 4. The van der Waals surface area contributed by atoms with Crippen molar-refractivity contribution in [1.82, 2.24) is 19.5 Å². The number of benzene rings is 1. The van der Waals surface area contributed by atoms with Gasteiger partial charge in [0.2, 0.25) is 0 Å². The quantitative estimate of drug-likeness (QED) is 0.427. The van der Waals surface area contributed by atoms with Gasteiger partial charge in [0.1, 0.15) is 11.6 Å². The third kappa shape index (κ3) is 3.70. The van der Waals surface area contributed by atoms with Gasteiger partial charge in [-0.05, 0) is 56.5 Å². The SMILES string of the molecule is CCCn1c(-c2cnc(Nc3ccc(C)nc3)c(Cl)c2)nc2c(C)ccc(C)c21. The lowest BCUT2D eigenvalue weighted by atomic mass is 10.1. The number of anilines is 2. The summed E-state index contributed by atoms with van der Waals surface area (Å²) in [6, 6.07) is 10.1. The average molecular weight is 406 g/mol. The summed E-state index contributed by atoms with van der Waals surface area (Å²) in [4.78, 5) is 13.8. The minimum Gasteiger partial charge on any atom is -0.338 e. The molecule has 0 fully saturated rings. The number of nitrogens with zero attached hydrogens (tertiary/aromatic N) is 4. The van der Waals surface area contributed by atoms with Gasteiger partial charge in [-0.25, -0.2) is 9.97 Å². The number of aromatic nitrogens is 4. The molecule has 29 heavy (non-hydrogen) atoms. The molecule has 0 spiro atoms. The van der Waals surface area contributed by atoms with E-state index in [0.717, 1.165) is 41.3 Å². The highest BCUT2D eigenvalue weighted by atomic mass is 35.5. The summed E-state index contributed by atoms with van der Waals surface area (Å²) < 4.78 is 2.28. The first-order chi connectivity index (χ1) is 14.0. The van der Waals surface area contributed by atoms with Crippen LogP contribution in [0.1, 0.15) is 30.2 Å². The Morgan fingerprint density at radius 2 is 1.79 bits per heavy atom. The van der Waals surface area contributed by atoms with E-state index in [0.29, 0.717) is 10.8 Å². The van der Waals surface area contributed by atoms with Crippen LogP contribution >= 0.6 is 11.6 Å². The van der Waals surface area contributed by atoms with Crippen molar-refractivity contribution in [2.24, 2.45) is 0 Å². The van der Waals surface area contributed by atoms with E-state index in [1.165, 1.54) is 16.6 Å². The van der Waals surface area contributed by atoms with Crippen LogP contribution in [0.3, 0.4) is 0 Å². The zero-order valence-electron chi connectivity index (χ0n) is 17.1. The Balaban J connectivity index is 1.77. The molecule has 3 aromatic heterocycles. The minimum atomic E-state index is 0.548. The van der Waals surface area contributed by atoms with E-state index in [4.69, 9.17) is 16.6 Å². The molecule has 0 radical (unpaired) electrons. The third-order valence-corrected chi connectivity index (χ3v) is 5.31. The van der Waals surface area contributed by atoms with E-state index >= 15 is 0 Å². The second-order valence-electron chi connectivity index (χ2n) is 7.35. The predicted octanol–water partition coefficient (Wildman–Crippen LogP) is 6.23. The minimum absolute atomic E-state index is 0.548. The van der Waals surface area contributed by atoms with Crippen LogP contribution in [-0.4, -0.2) is 19.5 Å². The molecular formula is C23H24ClN5. The fourth-order valence-electron chi connectivity index (χ4n) is 3.53. The number of hydrogen-bond donors (Lipinski definition) is 1. The van der Waals surface area contributed by atoms with Gasteiger partial charge in [-0.15, -0.1) is 0 Å². The van der Waals surface area contributed by atoms with Crippen molar-refractivity contribution in [3.63, 3.8) is 0 Å². The van der Waals surface area contributed by atoms with Crippen LogP contribution in [0.2, 0.25) is 5.02 Å². The first-order valence-electron chi connectivity index (χ1n) is 9.80. The number of fused-ring (bicyclic) bond motifs is 1. The van der Waals surface area contributed by atoms with Gasteiger partial charge in [0.05, 0.1) is 27.9 Å². The summed E-state index contributed by atoms with van der Waals surface area (Å²) in [5.74, 6) is 1.50. The highest BCUT2D eigenvalue weighted by molar-refractivity contribution is 6.33. The lowest BCUT2D eigenvalue weighted by Crippen LogP contribution is -2.02. The summed E-state index contributed by atoms with van der Waals surface area (Å²) >= 11 is 6.57. The van der Waals surface area contributed by atoms with Gasteiger partial charge in [0.15, 0.2) is 0 Å². The summed E-state index contributed by atoms with van der Waals surface area (Å²) in [6.07, 6.45) is 4.62. The van der Waals surface area contributed by atoms with Crippen molar-refractivity contribution >= 4 is 34.1 Å². The van der Waals surface area contributed by atoms with E-state index in [1.807, 2.05) is 31.3 Å². The van der Waals surface area contributed by atoms with Crippen molar-refractivity contribution in [2.75, 3.05) is 5.32 Å². The van der Waals surface area contributed by atoms with Crippen LogP contribution in [0.25, 0.3) is 22.4 Å². The molecule has 0 saturated heterocycles. The van der Waals surface area contributed by atoms with Crippen LogP contribution in [0.5, 0.6) is 0 Å². The normalized spacial score (nSPS) is 11.2. The van der Waals surface area contributed by atoms with Crippen molar-refractivity contribution in [1.29, 1.82) is 0 Å². The maximum atomic E-state index is 6.57. The maximum Gasteiger partial charge on any atom is 0.149 e. The third-order valence-electron chi connectivity index (χ3n) is 5.02. The smallest absolute Gasteiger partial charge is 0.149 e. The summed E-state index contributed by atoms with van der Waals surface area (Å²) in [7, 11) is 0. The lowest BCUT2D eigenvalue weighted by Gasteiger charge is -2.11. The van der Waals surface area contributed by atoms with E-state index < -0.39 is 0 Å². The fourth-order valence-corrected chi connectivity index (χ4v) is 3.74. The van der Waals surface area contributed by atoms with Crippen LogP contribution in [0.15, 0.2) is 42.7 Å². The van der Waals surface area contributed by atoms with Gasteiger partial charge in [0.25, 0.3) is 0 Å². The molecule has 0 amide bonds. The number of imidazole rings is 1. The summed E-state index contributed by atoms with van der Waals surface area (Å²) in [5.41, 5.74) is 7.34. The van der Waals surface area contributed by atoms with Crippen molar-refractivity contribution in [2.45, 2.75) is 40.7 Å². The monoisotopic (exact) mass is 405 g/mol.